The minimum Gasteiger partial charge on any atom is -0.488 e. The maximum atomic E-state index is 12.2. The Morgan fingerprint density at radius 3 is 2.50 bits per heavy atom. The summed E-state index contributed by atoms with van der Waals surface area (Å²) in [5, 5.41) is 0.835. The van der Waals surface area contributed by atoms with Crippen molar-refractivity contribution >= 4 is 27.9 Å². The summed E-state index contributed by atoms with van der Waals surface area (Å²) in [5.74, 6) is 0.446. The van der Waals surface area contributed by atoms with E-state index in [1.807, 2.05) is 6.07 Å². The van der Waals surface area contributed by atoms with Crippen molar-refractivity contribution in [1.29, 1.82) is 0 Å². The van der Waals surface area contributed by atoms with E-state index in [2.05, 4.69) is 58.8 Å². The molecule has 0 aromatic heterocycles. The molecule has 0 radical (unpaired) electrons. The lowest BCUT2D eigenvalue weighted by Crippen LogP contribution is -2.31. The van der Waals surface area contributed by atoms with Crippen LogP contribution in [-0.4, -0.2) is 13.0 Å². The first-order valence-electron chi connectivity index (χ1n) is 7.51. The van der Waals surface area contributed by atoms with Crippen LogP contribution in [0.2, 0.25) is 0 Å². The molecule has 130 valence electrons. The van der Waals surface area contributed by atoms with E-state index in [-0.39, 0.29) is 5.54 Å². The van der Waals surface area contributed by atoms with Crippen LogP contribution in [0.1, 0.15) is 25.0 Å². The van der Waals surface area contributed by atoms with Gasteiger partial charge in [0.25, 0.3) is 6.43 Å². The number of benzene rings is 2. The molecule has 0 heterocycles. The second-order valence-electron chi connectivity index (χ2n) is 5.84. The van der Waals surface area contributed by atoms with Gasteiger partial charge in [-0.05, 0) is 55.1 Å². The van der Waals surface area contributed by atoms with E-state index in [1.54, 1.807) is 18.2 Å². The van der Waals surface area contributed by atoms with Crippen molar-refractivity contribution in [1.82, 2.24) is 4.72 Å². The molecular weight excluding hydrogens is 396 g/mol. The van der Waals surface area contributed by atoms with Gasteiger partial charge in [-0.25, -0.2) is 13.5 Å². The van der Waals surface area contributed by atoms with Gasteiger partial charge in [0.15, 0.2) is 0 Å². The van der Waals surface area contributed by atoms with E-state index in [4.69, 9.17) is 4.74 Å². The van der Waals surface area contributed by atoms with Crippen LogP contribution in [0.15, 0.2) is 53.4 Å². The number of ether oxygens (including phenoxy) is 1. The molecule has 0 unspecified atom stereocenters. The first-order valence-corrected chi connectivity index (χ1v) is 9.45. The third-order valence-electron chi connectivity index (χ3n) is 3.44. The number of nitrogens with one attached hydrogen (secondary N) is 1. The molecular formula is C18H20BrF2NOS. The Bertz CT molecular complexity index is 650. The van der Waals surface area contributed by atoms with Crippen LogP contribution < -0.4 is 9.46 Å². The highest BCUT2D eigenvalue weighted by Crippen LogP contribution is 2.28. The molecule has 0 atom stereocenters. The Hall–Kier alpha value is -1.11. The van der Waals surface area contributed by atoms with E-state index < -0.39 is 13.0 Å². The monoisotopic (exact) mass is 415 g/mol. The second kappa shape index (κ2) is 8.83. The van der Waals surface area contributed by atoms with Crippen molar-refractivity contribution in [3.8, 4) is 5.75 Å². The molecule has 2 aromatic rings. The SMILES string of the molecule is CC(C)(NSc1cccc(OCC(F)F)c1)c1ccc(CBr)cc1. The van der Waals surface area contributed by atoms with E-state index in [1.165, 1.54) is 23.1 Å². The lowest BCUT2D eigenvalue weighted by Gasteiger charge is -2.26. The maximum absolute atomic E-state index is 12.2. The van der Waals surface area contributed by atoms with Crippen LogP contribution in [0.5, 0.6) is 5.75 Å². The summed E-state index contributed by atoms with van der Waals surface area (Å²) >= 11 is 4.90. The lowest BCUT2D eigenvalue weighted by molar-refractivity contribution is 0.0818. The summed E-state index contributed by atoms with van der Waals surface area (Å²) in [6.07, 6.45) is -2.47. The standard InChI is InChI=1S/C18H20BrF2NOS/c1-18(2,14-8-6-13(11-19)7-9-14)22-24-16-5-3-4-15(10-16)23-12-17(20)21/h3-10,17,22H,11-12H2,1-2H3. The topological polar surface area (TPSA) is 21.3 Å². The molecule has 0 fully saturated rings. The Morgan fingerprint density at radius 2 is 1.88 bits per heavy atom. The summed E-state index contributed by atoms with van der Waals surface area (Å²) in [5.41, 5.74) is 2.16. The third kappa shape index (κ3) is 5.76. The number of alkyl halides is 3. The van der Waals surface area contributed by atoms with Gasteiger partial charge in [0.05, 0.1) is 0 Å². The first-order chi connectivity index (χ1) is 11.4. The van der Waals surface area contributed by atoms with E-state index in [0.29, 0.717) is 5.75 Å². The van der Waals surface area contributed by atoms with Gasteiger partial charge in [-0.3, -0.25) is 0 Å². The third-order valence-corrected chi connectivity index (χ3v) is 5.18. The fourth-order valence-corrected chi connectivity index (χ4v) is 3.23. The average Bonchev–Trinajstić information content (AvgIpc) is 2.59. The van der Waals surface area contributed by atoms with E-state index in [0.717, 1.165) is 10.2 Å². The van der Waals surface area contributed by atoms with E-state index >= 15 is 0 Å². The molecule has 0 spiro atoms. The van der Waals surface area contributed by atoms with Gasteiger partial charge < -0.3 is 4.74 Å². The zero-order valence-electron chi connectivity index (χ0n) is 13.6. The zero-order valence-corrected chi connectivity index (χ0v) is 16.0. The Balaban J connectivity index is 1.99. The molecule has 0 amide bonds. The lowest BCUT2D eigenvalue weighted by atomic mass is 9.95. The molecule has 0 bridgehead atoms. The molecule has 0 saturated heterocycles. The van der Waals surface area contributed by atoms with E-state index in [9.17, 15) is 8.78 Å². The highest BCUT2D eigenvalue weighted by atomic mass is 79.9. The normalized spacial score (nSPS) is 11.8. The van der Waals surface area contributed by atoms with Crippen LogP contribution in [0.3, 0.4) is 0 Å². The molecule has 0 aliphatic heterocycles. The number of hydrogen-bond donors (Lipinski definition) is 1. The summed E-state index contributed by atoms with van der Waals surface area (Å²) in [6.45, 7) is 3.60. The minimum absolute atomic E-state index is 0.241. The van der Waals surface area contributed by atoms with Gasteiger partial charge in [0.2, 0.25) is 0 Å². The van der Waals surface area contributed by atoms with Gasteiger partial charge in [0, 0.05) is 15.8 Å². The second-order valence-corrected chi connectivity index (χ2v) is 7.28. The Kier molecular flexibility index (Phi) is 7.07. The van der Waals surface area contributed by atoms with Gasteiger partial charge in [-0.2, -0.15) is 0 Å². The molecule has 2 nitrogen and oxygen atoms in total. The molecule has 2 aromatic carbocycles. The Labute approximate surface area is 154 Å². The fourth-order valence-electron chi connectivity index (χ4n) is 2.04. The maximum Gasteiger partial charge on any atom is 0.272 e. The number of hydrogen-bond acceptors (Lipinski definition) is 3. The van der Waals surface area contributed by atoms with Gasteiger partial charge in [-0.1, -0.05) is 46.3 Å². The van der Waals surface area contributed by atoms with Crippen LogP contribution in [0.25, 0.3) is 0 Å². The van der Waals surface area contributed by atoms with Crippen molar-refractivity contribution in [2.45, 2.75) is 36.0 Å². The first kappa shape index (κ1) is 19.2. The molecule has 0 aliphatic rings. The van der Waals surface area contributed by atoms with Crippen molar-refractivity contribution in [2.75, 3.05) is 6.61 Å². The predicted octanol–water partition coefficient (Wildman–Crippen LogP) is 5.76. The summed E-state index contributed by atoms with van der Waals surface area (Å²) < 4.78 is 32.9. The zero-order chi connectivity index (χ0) is 17.6. The predicted molar refractivity (Wildman–Crippen MR) is 99.0 cm³/mol. The highest BCUT2D eigenvalue weighted by Gasteiger charge is 2.20. The van der Waals surface area contributed by atoms with Gasteiger partial charge in [0.1, 0.15) is 12.4 Å². The van der Waals surface area contributed by atoms with Crippen molar-refractivity contribution < 1.29 is 13.5 Å². The number of rotatable bonds is 8. The van der Waals surface area contributed by atoms with Crippen molar-refractivity contribution in [3.05, 3.63) is 59.7 Å². The average molecular weight is 416 g/mol. The van der Waals surface area contributed by atoms with Crippen LogP contribution in [0, 0.1) is 0 Å². The van der Waals surface area contributed by atoms with Crippen LogP contribution in [0.4, 0.5) is 8.78 Å². The van der Waals surface area contributed by atoms with Crippen LogP contribution in [-0.2, 0) is 10.9 Å². The fraction of sp³-hybridized carbons (Fsp3) is 0.333. The molecule has 0 saturated carbocycles. The van der Waals surface area contributed by atoms with Crippen molar-refractivity contribution in [2.24, 2.45) is 0 Å². The quantitative estimate of drug-likeness (QED) is 0.437. The summed E-state index contributed by atoms with van der Waals surface area (Å²) in [6, 6.07) is 15.5. The molecule has 1 N–H and O–H groups in total. The molecule has 24 heavy (non-hydrogen) atoms. The van der Waals surface area contributed by atoms with Gasteiger partial charge in [-0.15, -0.1) is 0 Å². The largest absolute Gasteiger partial charge is 0.488 e. The molecule has 6 heteroatoms. The Morgan fingerprint density at radius 1 is 1.17 bits per heavy atom. The smallest absolute Gasteiger partial charge is 0.272 e. The van der Waals surface area contributed by atoms with Crippen LogP contribution >= 0.6 is 27.9 Å². The highest BCUT2D eigenvalue weighted by molar-refractivity contribution is 9.08. The minimum atomic E-state index is -2.47. The molecule has 0 aliphatic carbocycles. The summed E-state index contributed by atoms with van der Waals surface area (Å²) in [4.78, 5) is 0.909. The molecule has 2 rings (SSSR count). The van der Waals surface area contributed by atoms with Gasteiger partial charge >= 0.3 is 0 Å². The summed E-state index contributed by atoms with van der Waals surface area (Å²) in [7, 11) is 0. The van der Waals surface area contributed by atoms with Crippen molar-refractivity contribution in [3.63, 3.8) is 0 Å². The number of halogens is 3.